The fourth-order valence-electron chi connectivity index (χ4n) is 9.14. The van der Waals surface area contributed by atoms with Gasteiger partial charge in [-0.25, -0.2) is 0 Å². The van der Waals surface area contributed by atoms with Crippen LogP contribution in [0.5, 0.6) is 0 Å². The summed E-state index contributed by atoms with van der Waals surface area (Å²) in [7, 11) is 0. The van der Waals surface area contributed by atoms with Crippen molar-refractivity contribution in [3.05, 3.63) is 97.2 Å². The first-order chi connectivity index (χ1) is 38.0. The van der Waals surface area contributed by atoms with Crippen molar-refractivity contribution in [1.82, 2.24) is 0 Å². The van der Waals surface area contributed by atoms with Crippen LogP contribution >= 0.6 is 0 Å². The fourth-order valence-corrected chi connectivity index (χ4v) is 9.14. The second-order valence-electron chi connectivity index (χ2n) is 21.6. The van der Waals surface area contributed by atoms with Crippen LogP contribution in [0, 0.1) is 0 Å². The minimum atomic E-state index is -0.795. The number of rotatable bonds is 59. The van der Waals surface area contributed by atoms with Crippen LogP contribution in [-0.2, 0) is 28.6 Å². The van der Waals surface area contributed by atoms with Gasteiger partial charge in [0, 0.05) is 19.3 Å². The largest absolute Gasteiger partial charge is 0.462 e. The molecule has 0 bridgehead atoms. The molecule has 0 aliphatic heterocycles. The predicted molar refractivity (Wildman–Crippen MR) is 334 cm³/mol. The molecular formula is C71H122O6. The van der Waals surface area contributed by atoms with Crippen molar-refractivity contribution in [2.45, 2.75) is 322 Å². The SMILES string of the molecule is CC/C=C\C/C=C\C/C=C\C/C=C\CCCCCCCCC(=O)OC(COC(=O)CCCCCCCC/C=C\C/C=C\C/C=C\CCCCCCC)COC(=O)CCCCCCCCCCC/C=C\CCCCCCCC. The summed E-state index contributed by atoms with van der Waals surface area (Å²) in [4.78, 5) is 38.4. The van der Waals surface area contributed by atoms with Crippen LogP contribution in [0.3, 0.4) is 0 Å². The lowest BCUT2D eigenvalue weighted by Crippen LogP contribution is -2.30. The van der Waals surface area contributed by atoms with Gasteiger partial charge in [-0.15, -0.1) is 0 Å². The minimum absolute atomic E-state index is 0.0884. The number of unbranched alkanes of at least 4 members (excludes halogenated alkanes) is 32. The fraction of sp³-hybridized carbons (Fsp3) is 0.732. The van der Waals surface area contributed by atoms with Crippen molar-refractivity contribution >= 4 is 17.9 Å². The van der Waals surface area contributed by atoms with Crippen LogP contribution < -0.4 is 0 Å². The molecule has 0 N–H and O–H groups in total. The summed E-state index contributed by atoms with van der Waals surface area (Å²) >= 11 is 0. The molecule has 6 heteroatoms. The Kier molecular flexibility index (Phi) is 61.8. The molecule has 442 valence electrons. The molecule has 77 heavy (non-hydrogen) atoms. The van der Waals surface area contributed by atoms with E-state index in [1.807, 2.05) is 0 Å². The third-order valence-electron chi connectivity index (χ3n) is 14.0. The second kappa shape index (κ2) is 64.9. The van der Waals surface area contributed by atoms with E-state index in [2.05, 4.69) is 118 Å². The number of carbonyl (C=O) groups is 3. The third-order valence-corrected chi connectivity index (χ3v) is 14.0. The van der Waals surface area contributed by atoms with Gasteiger partial charge in [0.25, 0.3) is 0 Å². The zero-order valence-electron chi connectivity index (χ0n) is 50.7. The quantitative estimate of drug-likeness (QED) is 0.0261. The third kappa shape index (κ3) is 63.0. The molecular weight excluding hydrogens is 949 g/mol. The molecule has 0 aromatic heterocycles. The van der Waals surface area contributed by atoms with Gasteiger partial charge in [0.15, 0.2) is 6.10 Å². The van der Waals surface area contributed by atoms with Crippen molar-refractivity contribution in [3.8, 4) is 0 Å². The van der Waals surface area contributed by atoms with Crippen LogP contribution in [0.4, 0.5) is 0 Å². The first-order valence-corrected chi connectivity index (χ1v) is 32.7. The number of ether oxygens (including phenoxy) is 3. The van der Waals surface area contributed by atoms with Crippen LogP contribution in [0.1, 0.15) is 316 Å². The van der Waals surface area contributed by atoms with E-state index < -0.39 is 6.10 Å². The Labute approximate surface area is 477 Å². The molecule has 0 fully saturated rings. The van der Waals surface area contributed by atoms with Crippen LogP contribution in [0.2, 0.25) is 0 Å². The Morgan fingerprint density at radius 2 is 0.506 bits per heavy atom. The van der Waals surface area contributed by atoms with Gasteiger partial charge in [-0.05, 0) is 122 Å². The lowest BCUT2D eigenvalue weighted by molar-refractivity contribution is -0.167. The maximum atomic E-state index is 12.9. The van der Waals surface area contributed by atoms with E-state index >= 15 is 0 Å². The predicted octanol–water partition coefficient (Wildman–Crippen LogP) is 22.4. The molecule has 1 atom stereocenters. The average Bonchev–Trinajstić information content (AvgIpc) is 3.43. The van der Waals surface area contributed by atoms with Gasteiger partial charge < -0.3 is 14.2 Å². The maximum Gasteiger partial charge on any atom is 0.306 e. The lowest BCUT2D eigenvalue weighted by Gasteiger charge is -2.18. The molecule has 0 aromatic carbocycles. The van der Waals surface area contributed by atoms with E-state index in [9.17, 15) is 14.4 Å². The van der Waals surface area contributed by atoms with E-state index in [4.69, 9.17) is 14.2 Å². The van der Waals surface area contributed by atoms with E-state index in [0.717, 1.165) is 116 Å². The summed E-state index contributed by atoms with van der Waals surface area (Å²) in [5, 5.41) is 0. The minimum Gasteiger partial charge on any atom is -0.462 e. The van der Waals surface area contributed by atoms with Gasteiger partial charge in [0.05, 0.1) is 0 Å². The first kappa shape index (κ1) is 73.3. The number of carbonyl (C=O) groups excluding carboxylic acids is 3. The zero-order valence-corrected chi connectivity index (χ0v) is 50.7. The smallest absolute Gasteiger partial charge is 0.306 e. The van der Waals surface area contributed by atoms with Crippen molar-refractivity contribution in [2.24, 2.45) is 0 Å². The van der Waals surface area contributed by atoms with Gasteiger partial charge in [-0.1, -0.05) is 272 Å². The van der Waals surface area contributed by atoms with E-state index in [0.29, 0.717) is 19.3 Å². The van der Waals surface area contributed by atoms with Crippen LogP contribution in [0.15, 0.2) is 97.2 Å². The summed E-state index contributed by atoms with van der Waals surface area (Å²) in [6.07, 6.45) is 86.9. The summed E-state index contributed by atoms with van der Waals surface area (Å²) in [6.45, 7) is 6.52. The molecule has 0 saturated carbocycles. The summed E-state index contributed by atoms with van der Waals surface area (Å²) in [6, 6.07) is 0. The first-order valence-electron chi connectivity index (χ1n) is 32.7. The number of allylic oxidation sites excluding steroid dienone is 16. The summed E-state index contributed by atoms with van der Waals surface area (Å²) in [5.41, 5.74) is 0. The highest BCUT2D eigenvalue weighted by Crippen LogP contribution is 2.16. The van der Waals surface area contributed by atoms with Crippen LogP contribution in [0.25, 0.3) is 0 Å². The van der Waals surface area contributed by atoms with E-state index in [1.165, 1.54) is 161 Å². The molecule has 0 radical (unpaired) electrons. The standard InChI is InChI=1S/C71H122O6/c1-4-7-10-13-16-19-22-25-28-31-34-35-38-40-43-46-49-52-55-58-61-64-70(73)76-67-68(77-71(74)65-62-59-56-53-50-47-44-41-37-33-30-27-24-21-18-15-12-9-6-3)66-75-69(72)63-60-57-54-51-48-45-42-39-36-32-29-26-23-20-17-14-11-8-5-2/h9,12,18,21-22,25-27,29-31,34,37-38,40-41,68H,4-8,10-11,13-17,19-20,23-24,28,32-33,35-36,39,42-67H2,1-3H3/b12-9-,21-18-,25-22-,29-26-,30-27-,34-31-,40-38-,41-37-. The Morgan fingerprint density at radius 3 is 0.805 bits per heavy atom. The number of hydrogen-bond donors (Lipinski definition) is 0. The van der Waals surface area contributed by atoms with E-state index in [1.54, 1.807) is 0 Å². The zero-order chi connectivity index (χ0) is 55.7. The molecule has 0 aromatic rings. The maximum absolute atomic E-state index is 12.9. The van der Waals surface area contributed by atoms with Gasteiger partial charge in [0.1, 0.15) is 13.2 Å². The molecule has 0 amide bonds. The molecule has 0 spiro atoms. The monoisotopic (exact) mass is 1070 g/mol. The Hall–Kier alpha value is -3.67. The van der Waals surface area contributed by atoms with Crippen molar-refractivity contribution < 1.29 is 28.6 Å². The molecule has 0 saturated heterocycles. The topological polar surface area (TPSA) is 78.9 Å². The van der Waals surface area contributed by atoms with Crippen LogP contribution in [-0.4, -0.2) is 37.2 Å². The number of hydrogen-bond acceptors (Lipinski definition) is 6. The van der Waals surface area contributed by atoms with Crippen molar-refractivity contribution in [1.29, 1.82) is 0 Å². The Balaban J connectivity index is 4.44. The van der Waals surface area contributed by atoms with Gasteiger partial charge in [0.2, 0.25) is 0 Å². The molecule has 0 aliphatic rings. The van der Waals surface area contributed by atoms with Crippen molar-refractivity contribution in [2.75, 3.05) is 13.2 Å². The molecule has 0 heterocycles. The lowest BCUT2D eigenvalue weighted by atomic mass is 10.1. The van der Waals surface area contributed by atoms with E-state index in [-0.39, 0.29) is 31.1 Å². The van der Waals surface area contributed by atoms with Gasteiger partial charge >= 0.3 is 17.9 Å². The Bertz CT molecular complexity index is 1510. The molecule has 0 rings (SSSR count). The van der Waals surface area contributed by atoms with Gasteiger partial charge in [-0.2, -0.15) is 0 Å². The highest BCUT2D eigenvalue weighted by molar-refractivity contribution is 5.71. The molecule has 6 nitrogen and oxygen atoms in total. The van der Waals surface area contributed by atoms with Gasteiger partial charge in [-0.3, -0.25) is 14.4 Å². The molecule has 0 aliphatic carbocycles. The Morgan fingerprint density at radius 1 is 0.273 bits per heavy atom. The second-order valence-corrected chi connectivity index (χ2v) is 21.6. The summed E-state index contributed by atoms with van der Waals surface area (Å²) < 4.78 is 16.9. The highest BCUT2D eigenvalue weighted by atomic mass is 16.6. The summed E-state index contributed by atoms with van der Waals surface area (Å²) in [5.74, 6) is -0.906. The normalized spacial score (nSPS) is 12.7. The van der Waals surface area contributed by atoms with Crippen molar-refractivity contribution in [3.63, 3.8) is 0 Å². The molecule has 1 unspecified atom stereocenters. The average molecular weight is 1070 g/mol. The highest BCUT2D eigenvalue weighted by Gasteiger charge is 2.19. The number of esters is 3.